The predicted molar refractivity (Wildman–Crippen MR) is 154 cm³/mol. The average Bonchev–Trinajstić information content (AvgIpc) is 3.32. The van der Waals surface area contributed by atoms with E-state index in [0.29, 0.717) is 60.0 Å². The minimum absolute atomic E-state index is 0.195. The van der Waals surface area contributed by atoms with Crippen LogP contribution < -0.4 is 20.1 Å². The molecular formula is C31H27N5O5. The molecule has 10 heteroatoms. The SMILES string of the molecule is COC(=O)c1c(NC(=O)c2cccnc2)c2cc(NCc3ccc4c(c3)OCCO4)cnc2n1Cc1ccccc1. The Bertz CT molecular complexity index is 1720. The first-order valence-corrected chi connectivity index (χ1v) is 13.1. The summed E-state index contributed by atoms with van der Waals surface area (Å²) in [6.07, 6.45) is 4.76. The lowest BCUT2D eigenvalue weighted by Gasteiger charge is -2.19. The van der Waals surface area contributed by atoms with Crippen molar-refractivity contribution in [2.75, 3.05) is 31.0 Å². The Balaban J connectivity index is 1.40. The average molecular weight is 550 g/mol. The van der Waals surface area contributed by atoms with Gasteiger partial charge >= 0.3 is 5.97 Å². The molecule has 2 aromatic carbocycles. The number of ether oxygens (including phenoxy) is 3. The lowest BCUT2D eigenvalue weighted by atomic mass is 10.2. The number of rotatable bonds is 8. The number of carbonyl (C=O) groups is 2. The zero-order chi connectivity index (χ0) is 28.2. The number of amides is 1. The summed E-state index contributed by atoms with van der Waals surface area (Å²) >= 11 is 0. The molecule has 0 fully saturated rings. The number of aromatic nitrogens is 3. The summed E-state index contributed by atoms with van der Waals surface area (Å²) in [6.45, 7) is 1.89. The summed E-state index contributed by atoms with van der Waals surface area (Å²) in [4.78, 5) is 35.2. The molecule has 0 radical (unpaired) electrons. The highest BCUT2D eigenvalue weighted by atomic mass is 16.6. The largest absolute Gasteiger partial charge is 0.486 e. The summed E-state index contributed by atoms with van der Waals surface area (Å²) in [5.74, 6) is 0.445. The molecule has 1 aliphatic rings. The normalized spacial score (nSPS) is 12.1. The van der Waals surface area contributed by atoms with E-state index in [-0.39, 0.29) is 5.69 Å². The van der Waals surface area contributed by atoms with Crippen molar-refractivity contribution in [1.29, 1.82) is 0 Å². The molecule has 0 aliphatic carbocycles. The van der Waals surface area contributed by atoms with Crippen LogP contribution in [0.25, 0.3) is 11.0 Å². The number of hydrogen-bond acceptors (Lipinski definition) is 8. The van der Waals surface area contributed by atoms with Crippen LogP contribution >= 0.6 is 0 Å². The second kappa shape index (κ2) is 11.4. The monoisotopic (exact) mass is 549 g/mol. The van der Waals surface area contributed by atoms with Crippen molar-refractivity contribution in [1.82, 2.24) is 14.5 Å². The molecule has 0 atom stereocenters. The fraction of sp³-hybridized carbons (Fsp3) is 0.161. The van der Waals surface area contributed by atoms with Crippen molar-refractivity contribution >= 4 is 34.3 Å². The zero-order valence-corrected chi connectivity index (χ0v) is 22.3. The number of anilines is 2. The molecule has 0 saturated heterocycles. The molecule has 6 rings (SSSR count). The number of esters is 1. The maximum atomic E-state index is 13.2. The van der Waals surface area contributed by atoms with Crippen molar-refractivity contribution in [3.63, 3.8) is 0 Å². The van der Waals surface area contributed by atoms with Crippen LogP contribution in [0.5, 0.6) is 11.5 Å². The molecule has 4 heterocycles. The fourth-order valence-electron chi connectivity index (χ4n) is 4.76. The minimum atomic E-state index is -0.591. The highest BCUT2D eigenvalue weighted by molar-refractivity contribution is 6.14. The summed E-state index contributed by atoms with van der Waals surface area (Å²) < 4.78 is 18.2. The van der Waals surface area contributed by atoms with Crippen LogP contribution in [-0.2, 0) is 17.8 Å². The van der Waals surface area contributed by atoms with E-state index >= 15 is 0 Å². The van der Waals surface area contributed by atoms with Gasteiger partial charge in [-0.25, -0.2) is 9.78 Å². The smallest absolute Gasteiger partial charge is 0.356 e. The van der Waals surface area contributed by atoms with Gasteiger partial charge in [-0.3, -0.25) is 9.78 Å². The number of carbonyl (C=O) groups excluding carboxylic acids is 2. The minimum Gasteiger partial charge on any atom is -0.486 e. The number of fused-ring (bicyclic) bond motifs is 2. The van der Waals surface area contributed by atoms with Gasteiger partial charge in [-0.2, -0.15) is 0 Å². The Morgan fingerprint density at radius 2 is 1.78 bits per heavy atom. The Morgan fingerprint density at radius 3 is 2.56 bits per heavy atom. The van der Waals surface area contributed by atoms with E-state index in [1.165, 1.54) is 13.3 Å². The fourth-order valence-corrected chi connectivity index (χ4v) is 4.76. The van der Waals surface area contributed by atoms with E-state index in [9.17, 15) is 9.59 Å². The third-order valence-corrected chi connectivity index (χ3v) is 6.73. The van der Waals surface area contributed by atoms with Gasteiger partial charge in [0.05, 0.1) is 30.2 Å². The van der Waals surface area contributed by atoms with E-state index < -0.39 is 11.9 Å². The Morgan fingerprint density at radius 1 is 0.951 bits per heavy atom. The van der Waals surface area contributed by atoms with E-state index in [1.54, 1.807) is 29.1 Å². The van der Waals surface area contributed by atoms with Gasteiger partial charge in [0.1, 0.15) is 18.9 Å². The first-order valence-electron chi connectivity index (χ1n) is 13.1. The maximum Gasteiger partial charge on any atom is 0.356 e. The van der Waals surface area contributed by atoms with Crippen LogP contribution in [-0.4, -0.2) is 46.7 Å². The predicted octanol–water partition coefficient (Wildman–Crippen LogP) is 4.90. The molecule has 3 aromatic heterocycles. The molecule has 10 nitrogen and oxygen atoms in total. The maximum absolute atomic E-state index is 13.2. The highest BCUT2D eigenvalue weighted by Gasteiger charge is 2.27. The van der Waals surface area contributed by atoms with Crippen molar-refractivity contribution in [3.8, 4) is 11.5 Å². The number of pyridine rings is 2. The number of nitrogens with one attached hydrogen (secondary N) is 2. The summed E-state index contributed by atoms with van der Waals surface area (Å²) in [5.41, 5.74) is 4.05. The quantitative estimate of drug-likeness (QED) is 0.263. The number of benzene rings is 2. The summed E-state index contributed by atoms with van der Waals surface area (Å²) in [5, 5.41) is 6.90. The lowest BCUT2D eigenvalue weighted by Crippen LogP contribution is -2.17. The Labute approximate surface area is 235 Å². The molecule has 0 saturated carbocycles. The third-order valence-electron chi connectivity index (χ3n) is 6.73. The second-order valence-electron chi connectivity index (χ2n) is 9.41. The van der Waals surface area contributed by atoms with Gasteiger partial charge in [-0.05, 0) is 41.5 Å². The Kier molecular flexibility index (Phi) is 7.19. The first-order chi connectivity index (χ1) is 20.1. The molecule has 1 amide bonds. The van der Waals surface area contributed by atoms with Gasteiger partial charge in [-0.1, -0.05) is 36.4 Å². The molecule has 2 N–H and O–H groups in total. The van der Waals surface area contributed by atoms with Crippen molar-refractivity contribution in [2.24, 2.45) is 0 Å². The van der Waals surface area contributed by atoms with Crippen molar-refractivity contribution in [2.45, 2.75) is 13.1 Å². The van der Waals surface area contributed by atoms with Gasteiger partial charge in [0.15, 0.2) is 17.2 Å². The Hall–Kier alpha value is -5.38. The first kappa shape index (κ1) is 25.9. The number of nitrogens with zero attached hydrogens (tertiary/aromatic N) is 3. The van der Waals surface area contributed by atoms with E-state index in [1.807, 2.05) is 54.6 Å². The van der Waals surface area contributed by atoms with Gasteiger partial charge in [0, 0.05) is 30.9 Å². The molecule has 206 valence electrons. The molecule has 5 aromatic rings. The molecule has 0 spiro atoms. The van der Waals surface area contributed by atoms with Crippen LogP contribution in [0.2, 0.25) is 0 Å². The van der Waals surface area contributed by atoms with Crippen molar-refractivity contribution in [3.05, 3.63) is 108 Å². The number of hydrogen-bond donors (Lipinski definition) is 2. The topological polar surface area (TPSA) is 117 Å². The molecular weight excluding hydrogens is 522 g/mol. The van der Waals surface area contributed by atoms with Crippen LogP contribution in [0.4, 0.5) is 11.4 Å². The standard InChI is InChI=1S/C31H27N5O5/c1-39-31(38)28-27(35-30(37)22-8-5-11-32-17-22)24-15-23(18-34-29(24)36(28)19-20-6-3-2-4-7-20)33-16-21-9-10-25-26(14-21)41-13-12-40-25/h2-11,14-15,17-18,33H,12-13,16,19H2,1H3,(H,35,37). The van der Waals surface area contributed by atoms with Gasteiger partial charge < -0.3 is 29.4 Å². The van der Waals surface area contributed by atoms with Crippen LogP contribution in [0.3, 0.4) is 0 Å². The van der Waals surface area contributed by atoms with E-state index in [4.69, 9.17) is 19.2 Å². The molecule has 1 aliphatic heterocycles. The molecule has 0 bridgehead atoms. The molecule has 0 unspecified atom stereocenters. The van der Waals surface area contributed by atoms with E-state index in [0.717, 1.165) is 16.9 Å². The highest BCUT2D eigenvalue weighted by Crippen LogP contribution is 2.34. The van der Waals surface area contributed by atoms with Crippen molar-refractivity contribution < 1.29 is 23.8 Å². The second-order valence-corrected chi connectivity index (χ2v) is 9.41. The van der Waals surface area contributed by atoms with E-state index in [2.05, 4.69) is 15.6 Å². The summed E-state index contributed by atoms with van der Waals surface area (Å²) in [7, 11) is 1.31. The zero-order valence-electron chi connectivity index (χ0n) is 22.3. The number of methoxy groups -OCH3 is 1. The van der Waals surface area contributed by atoms with Gasteiger partial charge in [-0.15, -0.1) is 0 Å². The van der Waals surface area contributed by atoms with Crippen LogP contribution in [0.15, 0.2) is 85.3 Å². The van der Waals surface area contributed by atoms with Crippen LogP contribution in [0.1, 0.15) is 32.0 Å². The third kappa shape index (κ3) is 5.40. The van der Waals surface area contributed by atoms with Crippen LogP contribution in [0, 0.1) is 0 Å². The lowest BCUT2D eigenvalue weighted by molar-refractivity contribution is 0.0591. The molecule has 41 heavy (non-hydrogen) atoms. The van der Waals surface area contributed by atoms with Gasteiger partial charge in [0.2, 0.25) is 0 Å². The summed E-state index contributed by atoms with van der Waals surface area (Å²) in [6, 6.07) is 20.7. The van der Waals surface area contributed by atoms with Gasteiger partial charge in [0.25, 0.3) is 5.91 Å².